The summed E-state index contributed by atoms with van der Waals surface area (Å²) in [6, 6.07) is 0.892. The Hall–Kier alpha value is 0.0664. The van der Waals surface area contributed by atoms with Crippen molar-refractivity contribution < 1.29 is 74.8 Å². The number of alkyl halides is 3. The molecule has 0 saturated heterocycles. The minimum absolute atomic E-state index is 0. The molecule has 0 aromatic carbocycles. The molecule has 0 bridgehead atoms. The van der Waals surface area contributed by atoms with Gasteiger partial charge in [0.05, 0.1) is 6.42 Å². The second-order valence-electron chi connectivity index (χ2n) is 2.63. The van der Waals surface area contributed by atoms with E-state index in [9.17, 15) is 22.8 Å². The van der Waals surface area contributed by atoms with Gasteiger partial charge in [0.25, 0.3) is 0 Å². The van der Waals surface area contributed by atoms with Gasteiger partial charge in [0.2, 0.25) is 0 Å². The van der Waals surface area contributed by atoms with E-state index in [0.29, 0.717) is 4.68 Å². The van der Waals surface area contributed by atoms with E-state index >= 15 is 0 Å². The third kappa shape index (κ3) is 5.96. The third-order valence-electron chi connectivity index (χ3n) is 1.52. The first-order chi connectivity index (χ1) is 6.42. The van der Waals surface area contributed by atoms with Crippen LogP contribution in [0.25, 0.3) is 0 Å². The Morgan fingerprint density at radius 1 is 1.44 bits per heavy atom. The fourth-order valence-electron chi connectivity index (χ4n) is 0.891. The minimum Gasteiger partial charge on any atom is -0.870 e. The summed E-state index contributed by atoms with van der Waals surface area (Å²) in [7, 11) is 0. The van der Waals surface area contributed by atoms with Crippen LogP contribution in [0.2, 0.25) is 0 Å². The Kier molecular flexibility index (Phi) is 8.53. The number of nitrogens with one attached hydrogen (secondary N) is 1. The van der Waals surface area contributed by atoms with Gasteiger partial charge in [-0.05, 0) is 0 Å². The molecule has 1 heterocycles. The van der Waals surface area contributed by atoms with Crippen LogP contribution in [0.15, 0.2) is 10.9 Å². The molecule has 0 saturated carbocycles. The molecule has 0 aliphatic heterocycles. The summed E-state index contributed by atoms with van der Waals surface area (Å²) >= 11 is 0. The van der Waals surface area contributed by atoms with Gasteiger partial charge in [-0.25, -0.2) is 0 Å². The first-order valence-corrected chi connectivity index (χ1v) is 3.67. The predicted molar refractivity (Wildman–Crippen MR) is 42.5 cm³/mol. The molecule has 1 aromatic rings. The van der Waals surface area contributed by atoms with Crippen molar-refractivity contribution in [3.63, 3.8) is 0 Å². The number of hydrogen-bond acceptors (Lipinski definition) is 3. The maximum absolute atomic E-state index is 11.8. The Balaban J connectivity index is 0. The van der Waals surface area contributed by atoms with Crippen molar-refractivity contribution in [2.24, 2.45) is 0 Å². The molecule has 86 valence electrons. The van der Waals surface area contributed by atoms with Crippen LogP contribution in [0.1, 0.15) is 12.1 Å². The molecule has 0 amide bonds. The van der Waals surface area contributed by atoms with Crippen LogP contribution in [0.5, 0.6) is 0 Å². The van der Waals surface area contributed by atoms with Crippen molar-refractivity contribution in [1.82, 2.24) is 9.78 Å². The first-order valence-electron chi connectivity index (χ1n) is 3.67. The topological polar surface area (TPSA) is 84.9 Å². The summed E-state index contributed by atoms with van der Waals surface area (Å²) in [4.78, 5) is 20.9. The van der Waals surface area contributed by atoms with E-state index in [1.165, 1.54) is 6.29 Å². The van der Waals surface area contributed by atoms with Gasteiger partial charge in [0, 0.05) is 12.8 Å². The Labute approximate surface area is 131 Å². The van der Waals surface area contributed by atoms with E-state index in [1.54, 1.807) is 0 Å². The molecule has 0 atom stereocenters. The maximum atomic E-state index is 11.8. The number of halogens is 3. The van der Waals surface area contributed by atoms with Gasteiger partial charge in [-0.2, -0.15) is 13.2 Å². The van der Waals surface area contributed by atoms with Gasteiger partial charge in [0.15, 0.2) is 5.56 Å². The molecule has 1 rings (SSSR count). The van der Waals surface area contributed by atoms with E-state index in [4.69, 9.17) is 0 Å². The van der Waals surface area contributed by atoms with Gasteiger partial charge in [-0.1, -0.05) is 5.69 Å². The summed E-state index contributed by atoms with van der Waals surface area (Å²) in [5, 5.41) is 2.18. The molecule has 0 unspecified atom stereocenters. The molecular formula is C7H7F3KN2O3-. The Morgan fingerprint density at radius 3 is 2.38 bits per heavy atom. The van der Waals surface area contributed by atoms with Crippen molar-refractivity contribution in [3.8, 4) is 0 Å². The van der Waals surface area contributed by atoms with Crippen LogP contribution >= 0.6 is 0 Å². The van der Waals surface area contributed by atoms with Crippen molar-refractivity contribution >= 4 is 6.29 Å². The quantitative estimate of drug-likeness (QED) is 0.480. The van der Waals surface area contributed by atoms with Gasteiger partial charge in [-0.15, -0.1) is 6.07 Å². The number of aromatic nitrogens is 2. The van der Waals surface area contributed by atoms with E-state index in [0.717, 1.165) is 6.07 Å². The molecule has 9 heteroatoms. The van der Waals surface area contributed by atoms with Crippen LogP contribution in [-0.4, -0.2) is 27.7 Å². The van der Waals surface area contributed by atoms with Crippen molar-refractivity contribution in [2.75, 3.05) is 0 Å². The molecule has 16 heavy (non-hydrogen) atoms. The largest absolute Gasteiger partial charge is 1.00 e. The van der Waals surface area contributed by atoms with E-state index < -0.39 is 24.7 Å². The molecule has 0 fully saturated rings. The SMILES string of the molecule is O=[C-]c1cc(=O)n(CCC(F)(F)F)[nH]1.[K+].[OH-]. The van der Waals surface area contributed by atoms with Gasteiger partial charge >= 0.3 is 57.6 Å². The average molecular weight is 263 g/mol. The van der Waals surface area contributed by atoms with Crippen LogP contribution in [0.4, 0.5) is 13.2 Å². The number of H-pyrrole nitrogens is 1. The second-order valence-corrected chi connectivity index (χ2v) is 2.63. The molecule has 2 N–H and O–H groups in total. The Morgan fingerprint density at radius 2 is 2.00 bits per heavy atom. The zero-order chi connectivity index (χ0) is 10.8. The summed E-state index contributed by atoms with van der Waals surface area (Å²) in [5.41, 5.74) is -0.829. The third-order valence-corrected chi connectivity index (χ3v) is 1.52. The van der Waals surface area contributed by atoms with Gasteiger partial charge < -0.3 is 15.4 Å². The van der Waals surface area contributed by atoms with Crippen LogP contribution < -0.4 is 56.9 Å². The predicted octanol–water partition coefficient (Wildman–Crippen LogP) is -2.59. The zero-order valence-electron chi connectivity index (χ0n) is 8.34. The Bertz CT molecular complexity index is 385. The smallest absolute Gasteiger partial charge is 0.870 e. The van der Waals surface area contributed by atoms with Crippen molar-refractivity contribution in [2.45, 2.75) is 19.1 Å². The van der Waals surface area contributed by atoms with E-state index in [1.807, 2.05) is 0 Å². The monoisotopic (exact) mass is 263 g/mol. The number of aryl methyl sites for hydroxylation is 1. The maximum Gasteiger partial charge on any atom is 1.00 e. The molecule has 5 nitrogen and oxygen atoms in total. The molecule has 0 aliphatic carbocycles. The number of rotatable bonds is 3. The summed E-state index contributed by atoms with van der Waals surface area (Å²) in [5.74, 6) is 0. The zero-order valence-corrected chi connectivity index (χ0v) is 11.5. The number of hydrogen-bond donors (Lipinski definition) is 1. The number of aromatic amines is 1. The fourth-order valence-corrected chi connectivity index (χ4v) is 0.891. The fraction of sp³-hybridized carbons (Fsp3) is 0.429. The van der Waals surface area contributed by atoms with Gasteiger partial charge in [-0.3, -0.25) is 9.48 Å². The molecule has 1 aromatic heterocycles. The van der Waals surface area contributed by atoms with Crippen LogP contribution in [0.3, 0.4) is 0 Å². The summed E-state index contributed by atoms with van der Waals surface area (Å²) in [6.45, 7) is -0.524. The van der Waals surface area contributed by atoms with Crippen molar-refractivity contribution in [3.05, 3.63) is 22.1 Å². The minimum atomic E-state index is -4.32. The summed E-state index contributed by atoms with van der Waals surface area (Å²) in [6.07, 6.45) is -4.07. The average Bonchev–Trinajstić information content (AvgIpc) is 2.42. The van der Waals surface area contributed by atoms with Gasteiger partial charge in [0.1, 0.15) is 0 Å². The normalized spacial score (nSPS) is 10.2. The molecule has 0 radical (unpaired) electrons. The molecular weight excluding hydrogens is 256 g/mol. The van der Waals surface area contributed by atoms with Crippen LogP contribution in [-0.2, 0) is 11.3 Å². The molecule has 0 spiro atoms. The first kappa shape index (κ1) is 18.4. The second kappa shape index (κ2) is 7.40. The van der Waals surface area contributed by atoms with Crippen LogP contribution in [0, 0.1) is 0 Å². The molecule has 0 aliphatic rings. The van der Waals surface area contributed by atoms with E-state index in [-0.39, 0.29) is 62.6 Å². The van der Waals surface area contributed by atoms with E-state index in [2.05, 4.69) is 5.10 Å². The standard InChI is InChI=1S/C7H6F3N2O2.K.H2O/c8-7(9,10)1-2-12-6(14)3-5(4-13)11-12;;/h3,11H,1-2H2;;1H2/q-1;+1;/p-1. The number of nitrogens with zero attached hydrogens (tertiary/aromatic N) is 1. The number of carbonyl (C=O) groups excluding carboxylic acids is 1. The van der Waals surface area contributed by atoms with Crippen molar-refractivity contribution in [1.29, 1.82) is 0 Å². The summed E-state index contributed by atoms with van der Waals surface area (Å²) < 4.78 is 36.0.